The molecule has 30 heavy (non-hydrogen) atoms. The zero-order valence-corrected chi connectivity index (χ0v) is 15.6. The maximum atomic E-state index is 14.6. The molecule has 5 nitrogen and oxygen atoms in total. The van der Waals surface area contributed by atoms with E-state index >= 15 is 0 Å². The van der Waals surface area contributed by atoms with E-state index in [0.717, 1.165) is 25.3 Å². The maximum absolute atomic E-state index is 14.6. The zero-order valence-electron chi connectivity index (χ0n) is 14.9. The molecule has 0 atom stereocenters. The molecule has 0 amide bonds. The summed E-state index contributed by atoms with van der Waals surface area (Å²) in [6, 6.07) is 2.99. The summed E-state index contributed by atoms with van der Waals surface area (Å²) in [5.41, 5.74) is -0.747. The molecule has 0 aliphatic carbocycles. The van der Waals surface area contributed by atoms with Gasteiger partial charge in [0.15, 0.2) is 17.2 Å². The Morgan fingerprint density at radius 2 is 1.60 bits per heavy atom. The minimum absolute atomic E-state index is 0.235. The van der Waals surface area contributed by atoms with Crippen LogP contribution in [0.2, 0.25) is 5.02 Å². The highest BCUT2D eigenvalue weighted by Crippen LogP contribution is 2.42. The van der Waals surface area contributed by atoms with Gasteiger partial charge in [0.05, 0.1) is 7.11 Å². The van der Waals surface area contributed by atoms with Crippen LogP contribution in [0.4, 0.5) is 22.0 Å². The molecular weight excluding hydrogens is 435 g/mol. The first-order chi connectivity index (χ1) is 13.7. The van der Waals surface area contributed by atoms with Crippen LogP contribution in [0.5, 0.6) is 23.0 Å². The number of carbonyl (C=O) groups excluding carboxylic acids is 1. The number of esters is 1. The number of rotatable bonds is 6. The van der Waals surface area contributed by atoms with Crippen LogP contribution in [0.3, 0.4) is 0 Å². The van der Waals surface area contributed by atoms with E-state index in [1.165, 1.54) is 0 Å². The van der Waals surface area contributed by atoms with Crippen molar-refractivity contribution in [3.05, 3.63) is 46.5 Å². The zero-order chi connectivity index (χ0) is 22.9. The Morgan fingerprint density at radius 1 is 1.00 bits per heavy atom. The minimum Gasteiger partial charge on any atom is -0.510 e. The van der Waals surface area contributed by atoms with Crippen molar-refractivity contribution in [2.45, 2.75) is 11.7 Å². The first-order valence-corrected chi connectivity index (χ1v) is 7.98. The SMILES string of the molecule is [B]C([B])([B])Oc1c(Oc2cc(Cl)cc(F)c2C(=O)OC)ccc(OC(F)(F)F)c1F. The predicted octanol–water partition coefficient (Wildman–Crippen LogP) is 3.59. The van der Waals surface area contributed by atoms with Crippen molar-refractivity contribution in [3.8, 4) is 23.0 Å². The summed E-state index contributed by atoms with van der Waals surface area (Å²) in [6.07, 6.45) is -5.25. The number of halogens is 6. The molecular formula is C16H7B3ClF5O5. The Labute approximate surface area is 175 Å². The van der Waals surface area contributed by atoms with Gasteiger partial charge in [-0.15, -0.1) is 13.2 Å². The summed E-state index contributed by atoms with van der Waals surface area (Å²) in [5.74, 6) is -7.84. The first-order valence-electron chi connectivity index (χ1n) is 7.61. The van der Waals surface area contributed by atoms with Crippen LogP contribution in [0, 0.1) is 11.6 Å². The second-order valence-corrected chi connectivity index (χ2v) is 6.00. The Bertz CT molecular complexity index is 966. The van der Waals surface area contributed by atoms with E-state index in [1.54, 1.807) is 0 Å². The van der Waals surface area contributed by atoms with Crippen molar-refractivity contribution in [1.82, 2.24) is 0 Å². The standard InChI is InChI=1S/C16H7B3ClF5O5/c1-27-14(26)11-7(21)4-6(20)5-10(11)28-9-3-2-8(29-16(23,24)25)12(22)13(9)30-15(17,18)19/h2-5H,1H3. The lowest BCUT2D eigenvalue weighted by molar-refractivity contribution is -0.275. The maximum Gasteiger partial charge on any atom is 0.573 e. The fraction of sp³-hybridized carbons (Fsp3) is 0.188. The molecule has 0 spiro atoms. The normalized spacial score (nSPS) is 11.7. The first kappa shape index (κ1) is 23.7. The average molecular weight is 442 g/mol. The van der Waals surface area contributed by atoms with Crippen LogP contribution in [0.1, 0.15) is 10.4 Å². The summed E-state index contributed by atoms with van der Waals surface area (Å²) in [6.45, 7) is 0. The van der Waals surface area contributed by atoms with Gasteiger partial charge in [0.1, 0.15) is 40.7 Å². The molecule has 2 aromatic carbocycles. The van der Waals surface area contributed by atoms with Crippen LogP contribution in [-0.4, -0.2) is 48.3 Å². The number of hydrogen-bond donors (Lipinski definition) is 0. The second-order valence-electron chi connectivity index (χ2n) is 5.56. The molecule has 0 N–H and O–H groups in total. The topological polar surface area (TPSA) is 54.0 Å². The largest absolute Gasteiger partial charge is 0.573 e. The third kappa shape index (κ3) is 5.98. The second kappa shape index (κ2) is 8.67. The lowest BCUT2D eigenvalue weighted by atomic mass is 9.52. The van der Waals surface area contributed by atoms with Gasteiger partial charge in [0, 0.05) is 11.1 Å². The van der Waals surface area contributed by atoms with Gasteiger partial charge in [0.2, 0.25) is 5.82 Å². The summed E-state index contributed by atoms with van der Waals surface area (Å²) < 4.78 is 84.1. The lowest BCUT2D eigenvalue weighted by Crippen LogP contribution is -2.38. The molecule has 6 radical (unpaired) electrons. The molecule has 2 aromatic rings. The highest BCUT2D eigenvalue weighted by Gasteiger charge is 2.34. The fourth-order valence-corrected chi connectivity index (χ4v) is 2.32. The van der Waals surface area contributed by atoms with Gasteiger partial charge in [-0.05, 0) is 23.5 Å². The van der Waals surface area contributed by atoms with Crippen molar-refractivity contribution in [2.75, 3.05) is 7.11 Å². The van der Waals surface area contributed by atoms with Crippen LogP contribution in [0.15, 0.2) is 24.3 Å². The molecule has 0 aliphatic heterocycles. The molecule has 0 aliphatic rings. The van der Waals surface area contributed by atoms with Gasteiger partial charge in [-0.1, -0.05) is 11.6 Å². The molecule has 0 saturated carbocycles. The molecule has 0 heterocycles. The molecule has 14 heteroatoms. The molecule has 152 valence electrons. The number of ether oxygens (including phenoxy) is 4. The number of hydrogen-bond acceptors (Lipinski definition) is 5. The molecule has 0 fully saturated rings. The van der Waals surface area contributed by atoms with Crippen LogP contribution < -0.4 is 14.2 Å². The van der Waals surface area contributed by atoms with Crippen molar-refractivity contribution in [2.24, 2.45) is 0 Å². The summed E-state index contributed by atoms with van der Waals surface area (Å²) in [7, 11) is 16.6. The van der Waals surface area contributed by atoms with Gasteiger partial charge in [0.25, 0.3) is 0 Å². The Hall–Kier alpha value is -2.56. The van der Waals surface area contributed by atoms with Crippen molar-refractivity contribution >= 4 is 41.1 Å². The fourth-order valence-electron chi connectivity index (χ4n) is 2.13. The molecule has 0 unspecified atom stereocenters. The number of alkyl halides is 3. The Kier molecular flexibility index (Phi) is 6.85. The van der Waals surface area contributed by atoms with Gasteiger partial charge in [-0.25, -0.2) is 9.18 Å². The molecule has 0 bridgehead atoms. The van der Waals surface area contributed by atoms with Crippen molar-refractivity contribution in [1.29, 1.82) is 0 Å². The van der Waals surface area contributed by atoms with E-state index in [4.69, 9.17) is 44.6 Å². The van der Waals surface area contributed by atoms with Gasteiger partial charge >= 0.3 is 12.3 Å². The lowest BCUT2D eigenvalue weighted by Gasteiger charge is -2.26. The van der Waals surface area contributed by atoms with E-state index in [1.807, 2.05) is 0 Å². The smallest absolute Gasteiger partial charge is 0.510 e. The molecule has 0 saturated heterocycles. The van der Waals surface area contributed by atoms with Crippen LogP contribution in [0.25, 0.3) is 0 Å². The number of benzene rings is 2. The van der Waals surface area contributed by atoms with E-state index < -0.39 is 57.8 Å². The highest BCUT2D eigenvalue weighted by atomic mass is 35.5. The highest BCUT2D eigenvalue weighted by molar-refractivity contribution is 6.58. The molecule has 0 aromatic heterocycles. The van der Waals surface area contributed by atoms with Crippen LogP contribution >= 0.6 is 11.6 Å². The number of carbonyl (C=O) groups is 1. The van der Waals surface area contributed by atoms with Crippen LogP contribution in [-0.2, 0) is 4.74 Å². The summed E-state index contributed by atoms with van der Waals surface area (Å²) >= 11 is 5.73. The van der Waals surface area contributed by atoms with E-state index in [9.17, 15) is 26.7 Å². The third-order valence-corrected chi connectivity index (χ3v) is 3.38. The van der Waals surface area contributed by atoms with E-state index in [-0.39, 0.29) is 5.02 Å². The monoisotopic (exact) mass is 442 g/mol. The Balaban J connectivity index is 2.62. The summed E-state index contributed by atoms with van der Waals surface area (Å²) in [4.78, 5) is 11.9. The minimum atomic E-state index is -5.25. The van der Waals surface area contributed by atoms with E-state index in [2.05, 4.69) is 9.47 Å². The van der Waals surface area contributed by atoms with Crippen molar-refractivity contribution < 1.29 is 45.7 Å². The van der Waals surface area contributed by atoms with E-state index in [0.29, 0.717) is 6.07 Å². The third-order valence-electron chi connectivity index (χ3n) is 3.16. The Morgan fingerprint density at radius 3 is 2.13 bits per heavy atom. The van der Waals surface area contributed by atoms with Crippen molar-refractivity contribution in [3.63, 3.8) is 0 Å². The number of methoxy groups -OCH3 is 1. The summed E-state index contributed by atoms with van der Waals surface area (Å²) in [5, 5.41) is -2.80. The van der Waals surface area contributed by atoms with Gasteiger partial charge in [-0.3, -0.25) is 0 Å². The average Bonchev–Trinajstić information content (AvgIpc) is 2.57. The van der Waals surface area contributed by atoms with Gasteiger partial charge in [-0.2, -0.15) is 4.39 Å². The van der Waals surface area contributed by atoms with Gasteiger partial charge < -0.3 is 18.9 Å². The predicted molar refractivity (Wildman–Crippen MR) is 96.5 cm³/mol. The molecule has 2 rings (SSSR count). The quantitative estimate of drug-likeness (QED) is 0.389.